The molecule has 0 unspecified atom stereocenters. The second kappa shape index (κ2) is 6.10. The van der Waals surface area contributed by atoms with Crippen LogP contribution < -0.4 is 8.54 Å². The number of pyridine rings is 2. The van der Waals surface area contributed by atoms with E-state index in [1.165, 1.54) is 33.0 Å². The van der Waals surface area contributed by atoms with Crippen LogP contribution in [0.25, 0.3) is 33.0 Å². The van der Waals surface area contributed by atoms with Crippen molar-refractivity contribution in [2.45, 2.75) is 0 Å². The van der Waals surface area contributed by atoms with E-state index >= 15 is 0 Å². The van der Waals surface area contributed by atoms with Crippen molar-refractivity contribution in [2.75, 3.05) is 0 Å². The van der Waals surface area contributed by atoms with Crippen LogP contribution in [-0.2, 0) is 7.05 Å². The SMILES string of the molecule is C[n+]1ccc(-c2ccc3cc(-c4cc[n+](S)cc4)ccc3c2)cc1. The maximum absolute atomic E-state index is 4.27. The molecule has 0 fully saturated rings. The molecule has 0 amide bonds. The average Bonchev–Trinajstić information content (AvgIpc) is 2.62. The molecule has 2 aromatic carbocycles. The van der Waals surface area contributed by atoms with Gasteiger partial charge in [0.1, 0.15) is 19.9 Å². The zero-order valence-corrected chi connectivity index (χ0v) is 14.3. The van der Waals surface area contributed by atoms with E-state index in [1.807, 2.05) is 24.0 Å². The Morgan fingerprint density at radius 1 is 0.583 bits per heavy atom. The molecule has 0 aliphatic heterocycles. The molecule has 4 aromatic rings. The summed E-state index contributed by atoms with van der Waals surface area (Å²) in [5, 5.41) is 2.50. The summed E-state index contributed by atoms with van der Waals surface area (Å²) in [5.41, 5.74) is 4.89. The average molecular weight is 330 g/mol. The molecule has 4 rings (SSSR count). The highest BCUT2D eigenvalue weighted by Gasteiger charge is 2.05. The number of aryl methyl sites for hydroxylation is 1. The summed E-state index contributed by atoms with van der Waals surface area (Å²) in [6, 6.07) is 21.7. The third kappa shape index (κ3) is 2.91. The minimum absolute atomic E-state index is 1.20. The van der Waals surface area contributed by atoms with E-state index in [2.05, 4.69) is 85.9 Å². The lowest BCUT2D eigenvalue weighted by Gasteiger charge is -2.06. The molecule has 0 spiro atoms. The molecule has 0 saturated carbocycles. The van der Waals surface area contributed by atoms with Crippen molar-refractivity contribution < 1.29 is 8.54 Å². The van der Waals surface area contributed by atoms with Crippen molar-refractivity contribution in [1.29, 1.82) is 0 Å². The molecule has 2 aromatic heterocycles. The fourth-order valence-corrected chi connectivity index (χ4v) is 3.04. The van der Waals surface area contributed by atoms with Crippen LogP contribution in [0, 0.1) is 0 Å². The molecule has 116 valence electrons. The smallest absolute Gasteiger partial charge is 0.183 e. The van der Waals surface area contributed by atoms with Gasteiger partial charge >= 0.3 is 0 Å². The van der Waals surface area contributed by atoms with Crippen molar-refractivity contribution in [3.8, 4) is 22.3 Å². The van der Waals surface area contributed by atoms with E-state index in [9.17, 15) is 0 Å². The molecule has 0 N–H and O–H groups in total. The van der Waals surface area contributed by atoms with Crippen LogP contribution >= 0.6 is 12.8 Å². The number of thiol groups is 1. The minimum atomic E-state index is 1.20. The summed E-state index contributed by atoms with van der Waals surface area (Å²) in [4.78, 5) is 0. The standard InChI is InChI=1S/C21H18N2S/c1-22-10-6-16(7-11-22)18-2-4-21-15-19(3-5-20(21)14-18)17-8-12-23(24)13-9-17/h2-15,24H,1H3/q+2. The summed E-state index contributed by atoms with van der Waals surface area (Å²) < 4.78 is 3.79. The first-order chi connectivity index (χ1) is 11.7. The van der Waals surface area contributed by atoms with Crippen molar-refractivity contribution in [2.24, 2.45) is 7.05 Å². The highest BCUT2D eigenvalue weighted by molar-refractivity contribution is 7.73. The number of nitrogens with zero attached hydrogens (tertiary/aromatic N) is 2. The van der Waals surface area contributed by atoms with E-state index in [1.54, 1.807) is 3.97 Å². The zero-order chi connectivity index (χ0) is 16.5. The Morgan fingerprint density at radius 2 is 1.04 bits per heavy atom. The van der Waals surface area contributed by atoms with Crippen LogP contribution in [0.1, 0.15) is 0 Å². The van der Waals surface area contributed by atoms with Gasteiger partial charge in [0.25, 0.3) is 0 Å². The number of rotatable bonds is 2. The highest BCUT2D eigenvalue weighted by atomic mass is 32.1. The maximum Gasteiger partial charge on any atom is 0.183 e. The molecule has 3 heteroatoms. The first-order valence-electron chi connectivity index (χ1n) is 7.89. The van der Waals surface area contributed by atoms with Gasteiger partial charge in [0.2, 0.25) is 0 Å². The minimum Gasteiger partial charge on any atom is -0.208 e. The van der Waals surface area contributed by atoms with Gasteiger partial charge in [-0.15, -0.1) is 3.97 Å². The monoisotopic (exact) mass is 330 g/mol. The topological polar surface area (TPSA) is 7.76 Å². The number of aromatic nitrogens is 2. The van der Waals surface area contributed by atoms with Crippen LogP contribution in [-0.4, -0.2) is 0 Å². The van der Waals surface area contributed by atoms with E-state index in [4.69, 9.17) is 0 Å². The summed E-state index contributed by atoms with van der Waals surface area (Å²) in [6.07, 6.45) is 8.04. The Balaban J connectivity index is 1.75. The zero-order valence-electron chi connectivity index (χ0n) is 13.4. The quantitative estimate of drug-likeness (QED) is 0.420. The Bertz CT molecular complexity index is 921. The van der Waals surface area contributed by atoms with Gasteiger partial charge in [-0.2, -0.15) is 0 Å². The van der Waals surface area contributed by atoms with Gasteiger partial charge in [-0.1, -0.05) is 24.3 Å². The molecule has 0 atom stereocenters. The van der Waals surface area contributed by atoms with Crippen LogP contribution in [0.4, 0.5) is 0 Å². The number of hydrogen-bond donors (Lipinski definition) is 1. The normalized spacial score (nSPS) is 10.9. The van der Waals surface area contributed by atoms with Gasteiger partial charge in [-0.3, -0.25) is 0 Å². The van der Waals surface area contributed by atoms with Gasteiger partial charge in [-0.05, 0) is 45.2 Å². The van der Waals surface area contributed by atoms with Gasteiger partial charge < -0.3 is 0 Å². The molecule has 2 heterocycles. The van der Waals surface area contributed by atoms with E-state index in [0.717, 1.165) is 0 Å². The fraction of sp³-hybridized carbons (Fsp3) is 0.0476. The van der Waals surface area contributed by atoms with E-state index in [0.29, 0.717) is 0 Å². The Hall–Kier alpha value is -2.65. The molecule has 24 heavy (non-hydrogen) atoms. The Kier molecular flexibility index (Phi) is 3.79. The lowest BCUT2D eigenvalue weighted by molar-refractivity contribution is -0.671. The second-order valence-electron chi connectivity index (χ2n) is 6.00. The lowest BCUT2D eigenvalue weighted by Crippen LogP contribution is -2.25. The van der Waals surface area contributed by atoms with Crippen molar-refractivity contribution in [3.05, 3.63) is 85.5 Å². The van der Waals surface area contributed by atoms with Crippen molar-refractivity contribution >= 4 is 23.6 Å². The summed E-state index contributed by atoms with van der Waals surface area (Å²) in [6.45, 7) is 0. The predicted octanol–water partition coefficient (Wildman–Crippen LogP) is 3.98. The van der Waals surface area contributed by atoms with E-state index < -0.39 is 0 Å². The molecular formula is C21H18N2S+2. The van der Waals surface area contributed by atoms with Crippen LogP contribution in [0.15, 0.2) is 85.5 Å². The largest absolute Gasteiger partial charge is 0.208 e. The number of benzene rings is 2. The van der Waals surface area contributed by atoms with Crippen molar-refractivity contribution in [3.63, 3.8) is 0 Å². The van der Waals surface area contributed by atoms with Crippen LogP contribution in [0.5, 0.6) is 0 Å². The molecule has 0 bridgehead atoms. The lowest BCUT2D eigenvalue weighted by atomic mass is 9.98. The van der Waals surface area contributed by atoms with Gasteiger partial charge in [0.05, 0.1) is 0 Å². The molecule has 0 radical (unpaired) electrons. The first-order valence-corrected chi connectivity index (χ1v) is 8.29. The third-order valence-electron chi connectivity index (χ3n) is 4.30. The molecule has 0 aliphatic carbocycles. The predicted molar refractivity (Wildman–Crippen MR) is 101 cm³/mol. The molecule has 0 aliphatic rings. The summed E-state index contributed by atoms with van der Waals surface area (Å²) in [7, 11) is 2.03. The Morgan fingerprint density at radius 3 is 1.54 bits per heavy atom. The second-order valence-corrected chi connectivity index (χ2v) is 6.46. The maximum atomic E-state index is 4.27. The molecule has 0 saturated heterocycles. The fourth-order valence-electron chi connectivity index (χ4n) is 2.91. The van der Waals surface area contributed by atoms with Crippen LogP contribution in [0.3, 0.4) is 0 Å². The van der Waals surface area contributed by atoms with Gasteiger partial charge in [-0.25, -0.2) is 4.57 Å². The molecule has 2 nitrogen and oxygen atoms in total. The first kappa shape index (κ1) is 14.9. The van der Waals surface area contributed by atoms with Crippen LogP contribution in [0.2, 0.25) is 0 Å². The summed E-state index contributed by atoms with van der Waals surface area (Å²) >= 11 is 4.27. The third-order valence-corrected chi connectivity index (χ3v) is 4.57. The number of fused-ring (bicyclic) bond motifs is 1. The van der Waals surface area contributed by atoms with Gasteiger partial charge in [0, 0.05) is 24.3 Å². The molecular weight excluding hydrogens is 312 g/mol. The summed E-state index contributed by atoms with van der Waals surface area (Å²) in [5.74, 6) is 0. The Labute approximate surface area is 147 Å². The van der Waals surface area contributed by atoms with E-state index in [-0.39, 0.29) is 0 Å². The number of hydrogen-bond acceptors (Lipinski definition) is 1. The highest BCUT2D eigenvalue weighted by Crippen LogP contribution is 2.27. The van der Waals surface area contributed by atoms with Crippen molar-refractivity contribution in [1.82, 2.24) is 0 Å². The van der Waals surface area contributed by atoms with Gasteiger partial charge in [0.15, 0.2) is 24.8 Å².